The molecule has 1 aromatic heterocycles. The maximum absolute atomic E-state index is 12.5. The summed E-state index contributed by atoms with van der Waals surface area (Å²) >= 11 is 1.47. The molecule has 3 N–H and O–H groups in total. The second-order valence-electron chi connectivity index (χ2n) is 7.22. The summed E-state index contributed by atoms with van der Waals surface area (Å²) in [6.45, 7) is 0.222. The lowest BCUT2D eigenvalue weighted by molar-refractivity contribution is -0.117. The monoisotopic (exact) mass is 455 g/mol. The molecular weight excluding hydrogens is 434 g/mol. The molecule has 0 bridgehead atoms. The average molecular weight is 456 g/mol. The summed E-state index contributed by atoms with van der Waals surface area (Å²) in [7, 11) is -3.66. The number of sulfonamides is 1. The Morgan fingerprint density at radius 1 is 0.903 bits per heavy atom. The van der Waals surface area contributed by atoms with Crippen molar-refractivity contribution in [1.82, 2.24) is 4.72 Å². The van der Waals surface area contributed by atoms with Crippen LogP contribution in [0.4, 0.5) is 11.4 Å². The average Bonchev–Trinajstić information content (AvgIpc) is 3.49. The van der Waals surface area contributed by atoms with Gasteiger partial charge in [-0.3, -0.25) is 9.59 Å². The third kappa shape index (κ3) is 5.57. The Morgan fingerprint density at radius 3 is 2.13 bits per heavy atom. The van der Waals surface area contributed by atoms with Gasteiger partial charge in [0.1, 0.15) is 0 Å². The summed E-state index contributed by atoms with van der Waals surface area (Å²) in [5, 5.41) is 7.49. The zero-order chi connectivity index (χ0) is 21.8. The maximum Gasteiger partial charge on any atom is 0.255 e. The molecule has 0 saturated heterocycles. The van der Waals surface area contributed by atoms with Crippen molar-refractivity contribution in [2.75, 3.05) is 10.6 Å². The van der Waals surface area contributed by atoms with Crippen LogP contribution in [0, 0.1) is 5.92 Å². The molecule has 9 heteroatoms. The molecule has 31 heavy (non-hydrogen) atoms. The van der Waals surface area contributed by atoms with E-state index in [0.717, 1.165) is 17.7 Å². The molecule has 1 heterocycles. The zero-order valence-electron chi connectivity index (χ0n) is 16.5. The quantitative estimate of drug-likeness (QED) is 0.480. The summed E-state index contributed by atoms with van der Waals surface area (Å²) < 4.78 is 27.4. The van der Waals surface area contributed by atoms with E-state index in [1.54, 1.807) is 24.3 Å². The summed E-state index contributed by atoms with van der Waals surface area (Å²) in [4.78, 5) is 25.3. The number of anilines is 2. The molecule has 2 aromatic carbocycles. The second kappa shape index (κ2) is 9.01. The summed E-state index contributed by atoms with van der Waals surface area (Å²) in [6, 6.07) is 16.3. The standard InChI is InChI=1S/C22H21N3O4S2/c26-21(15-3-4-15)24-17-7-9-18(10-8-17)25-22(27)16-5-11-20(12-6-16)31(28,29)23-14-19-2-1-13-30-19/h1-2,5-13,15,23H,3-4,14H2,(H,24,26)(H,25,27). The number of thiophene rings is 1. The largest absolute Gasteiger partial charge is 0.326 e. The molecule has 1 aliphatic carbocycles. The summed E-state index contributed by atoms with van der Waals surface area (Å²) in [5.41, 5.74) is 1.59. The van der Waals surface area contributed by atoms with Gasteiger partial charge in [-0.25, -0.2) is 13.1 Å². The Balaban J connectivity index is 1.34. The lowest BCUT2D eigenvalue weighted by Crippen LogP contribution is -2.23. The van der Waals surface area contributed by atoms with Crippen LogP contribution in [0.5, 0.6) is 0 Å². The molecule has 0 spiro atoms. The number of benzene rings is 2. The number of hydrogen-bond donors (Lipinski definition) is 3. The van der Waals surface area contributed by atoms with Crippen LogP contribution in [-0.2, 0) is 21.4 Å². The van der Waals surface area contributed by atoms with E-state index in [1.165, 1.54) is 35.6 Å². The highest BCUT2D eigenvalue weighted by atomic mass is 32.2. The van der Waals surface area contributed by atoms with Crippen LogP contribution in [0.15, 0.2) is 70.9 Å². The number of hydrogen-bond acceptors (Lipinski definition) is 5. The van der Waals surface area contributed by atoms with Crippen LogP contribution in [0.1, 0.15) is 28.1 Å². The van der Waals surface area contributed by atoms with Crippen LogP contribution in [0.3, 0.4) is 0 Å². The van der Waals surface area contributed by atoms with Crippen molar-refractivity contribution in [2.45, 2.75) is 24.3 Å². The number of rotatable bonds is 8. The minimum Gasteiger partial charge on any atom is -0.326 e. The van der Waals surface area contributed by atoms with E-state index in [9.17, 15) is 18.0 Å². The van der Waals surface area contributed by atoms with Gasteiger partial charge in [0.2, 0.25) is 15.9 Å². The van der Waals surface area contributed by atoms with Gasteiger partial charge in [-0.2, -0.15) is 0 Å². The van der Waals surface area contributed by atoms with Crippen molar-refractivity contribution >= 4 is 44.5 Å². The Kier molecular flexibility index (Phi) is 6.17. The molecule has 1 saturated carbocycles. The highest BCUT2D eigenvalue weighted by molar-refractivity contribution is 7.89. The van der Waals surface area contributed by atoms with Crippen molar-refractivity contribution < 1.29 is 18.0 Å². The van der Waals surface area contributed by atoms with Crippen molar-refractivity contribution in [3.05, 3.63) is 76.5 Å². The fourth-order valence-electron chi connectivity index (χ4n) is 2.88. The fourth-order valence-corrected chi connectivity index (χ4v) is 4.62. The van der Waals surface area contributed by atoms with Crippen LogP contribution >= 0.6 is 11.3 Å². The van der Waals surface area contributed by atoms with Crippen molar-refractivity contribution in [3.63, 3.8) is 0 Å². The van der Waals surface area contributed by atoms with Crippen LogP contribution in [0.25, 0.3) is 0 Å². The molecule has 4 rings (SSSR count). The van der Waals surface area contributed by atoms with Crippen LogP contribution < -0.4 is 15.4 Å². The van der Waals surface area contributed by atoms with E-state index in [2.05, 4.69) is 15.4 Å². The molecule has 0 unspecified atom stereocenters. The summed E-state index contributed by atoms with van der Waals surface area (Å²) in [6.07, 6.45) is 1.87. The van der Waals surface area contributed by atoms with E-state index >= 15 is 0 Å². The third-order valence-electron chi connectivity index (χ3n) is 4.80. The SMILES string of the molecule is O=C(Nc1ccc(NC(=O)C2CC2)cc1)c1ccc(S(=O)(=O)NCc2cccs2)cc1. The van der Waals surface area contributed by atoms with Crippen molar-refractivity contribution in [2.24, 2.45) is 5.92 Å². The molecule has 160 valence electrons. The fraction of sp³-hybridized carbons (Fsp3) is 0.182. The molecular formula is C22H21N3O4S2. The van der Waals surface area contributed by atoms with Gasteiger partial charge in [-0.15, -0.1) is 11.3 Å². The van der Waals surface area contributed by atoms with Gasteiger partial charge in [0.15, 0.2) is 0 Å². The molecule has 1 aliphatic rings. The van der Waals surface area contributed by atoms with Crippen molar-refractivity contribution in [3.8, 4) is 0 Å². The second-order valence-corrected chi connectivity index (χ2v) is 10.0. The first-order valence-corrected chi connectivity index (χ1v) is 12.1. The van der Waals surface area contributed by atoms with Crippen LogP contribution in [0.2, 0.25) is 0 Å². The van der Waals surface area contributed by atoms with Gasteiger partial charge in [0.05, 0.1) is 4.90 Å². The van der Waals surface area contributed by atoms with E-state index in [4.69, 9.17) is 0 Å². The van der Waals surface area contributed by atoms with Gasteiger partial charge in [-0.1, -0.05) is 6.07 Å². The smallest absolute Gasteiger partial charge is 0.255 e. The third-order valence-corrected chi connectivity index (χ3v) is 7.10. The lowest BCUT2D eigenvalue weighted by Gasteiger charge is -2.09. The first-order valence-electron chi connectivity index (χ1n) is 9.75. The van der Waals surface area contributed by atoms with Crippen LogP contribution in [-0.4, -0.2) is 20.2 Å². The van der Waals surface area contributed by atoms with E-state index < -0.39 is 10.0 Å². The van der Waals surface area contributed by atoms with Gasteiger partial charge in [0, 0.05) is 34.3 Å². The first-order chi connectivity index (χ1) is 14.9. The summed E-state index contributed by atoms with van der Waals surface area (Å²) in [5.74, 6) is -0.209. The Morgan fingerprint density at radius 2 is 1.55 bits per heavy atom. The van der Waals surface area contributed by atoms with E-state index in [1.807, 2.05) is 17.5 Å². The zero-order valence-corrected chi connectivity index (χ0v) is 18.1. The molecule has 7 nitrogen and oxygen atoms in total. The molecule has 0 atom stereocenters. The molecule has 2 amide bonds. The molecule has 0 aliphatic heterocycles. The number of nitrogens with one attached hydrogen (secondary N) is 3. The molecule has 3 aromatic rings. The van der Waals surface area contributed by atoms with E-state index in [-0.39, 0.29) is 29.2 Å². The molecule has 0 radical (unpaired) electrons. The van der Waals surface area contributed by atoms with Gasteiger partial charge < -0.3 is 10.6 Å². The normalized spacial score (nSPS) is 13.5. The predicted octanol–water partition coefficient (Wildman–Crippen LogP) is 3.83. The number of carbonyl (C=O) groups is 2. The minimum absolute atomic E-state index is 0.0247. The van der Waals surface area contributed by atoms with Gasteiger partial charge in [-0.05, 0) is 72.8 Å². The Hall–Kier alpha value is -3.01. The maximum atomic E-state index is 12.5. The Labute approximate surface area is 184 Å². The van der Waals surface area contributed by atoms with Crippen molar-refractivity contribution in [1.29, 1.82) is 0 Å². The number of amides is 2. The van der Waals surface area contributed by atoms with E-state index in [0.29, 0.717) is 16.9 Å². The minimum atomic E-state index is -3.66. The highest BCUT2D eigenvalue weighted by Crippen LogP contribution is 2.30. The van der Waals surface area contributed by atoms with Gasteiger partial charge >= 0.3 is 0 Å². The number of carbonyl (C=O) groups excluding carboxylic acids is 2. The topological polar surface area (TPSA) is 104 Å². The predicted molar refractivity (Wildman–Crippen MR) is 121 cm³/mol. The lowest BCUT2D eigenvalue weighted by atomic mass is 10.2. The van der Waals surface area contributed by atoms with Gasteiger partial charge in [0.25, 0.3) is 5.91 Å². The molecule has 1 fully saturated rings. The first kappa shape index (κ1) is 21.2. The highest BCUT2D eigenvalue weighted by Gasteiger charge is 2.29. The Bertz CT molecular complexity index is 1170.